The number of likely N-dealkylation sites (N-methyl/N-ethyl adjacent to an activating group) is 1. The molecule has 1 atom stereocenters. The topological polar surface area (TPSA) is 36.4 Å². The van der Waals surface area contributed by atoms with Crippen LogP contribution in [0.15, 0.2) is 54.6 Å². The molecule has 1 aliphatic rings. The summed E-state index contributed by atoms with van der Waals surface area (Å²) in [6, 6.07) is 18.5. The first-order valence-electron chi connectivity index (χ1n) is 9.55. The Morgan fingerprint density at radius 2 is 1.96 bits per heavy atom. The van der Waals surface area contributed by atoms with Gasteiger partial charge in [0.1, 0.15) is 0 Å². The van der Waals surface area contributed by atoms with Crippen LogP contribution in [0.2, 0.25) is 0 Å². The molecule has 0 bridgehead atoms. The van der Waals surface area contributed by atoms with Gasteiger partial charge in [-0.2, -0.15) is 0 Å². The highest BCUT2D eigenvalue weighted by Crippen LogP contribution is 2.32. The summed E-state index contributed by atoms with van der Waals surface area (Å²) in [5.41, 5.74) is 2.26. The van der Waals surface area contributed by atoms with Gasteiger partial charge < -0.3 is 4.90 Å². The Kier molecular flexibility index (Phi) is 5.50. The average Bonchev–Trinajstić information content (AvgIpc) is 3.13. The fourth-order valence-corrected chi connectivity index (χ4v) is 4.82. The number of carbonyl (C=O) groups is 1. The lowest BCUT2D eigenvalue weighted by atomic mass is 9.98. The predicted molar refractivity (Wildman–Crippen MR) is 111 cm³/mol. The van der Waals surface area contributed by atoms with E-state index in [1.165, 1.54) is 15.3 Å². The zero-order valence-electron chi connectivity index (χ0n) is 15.7. The maximum absolute atomic E-state index is 12.7. The Bertz CT molecular complexity index is 875. The van der Waals surface area contributed by atoms with Crippen molar-refractivity contribution >= 4 is 27.5 Å². The van der Waals surface area contributed by atoms with Crippen LogP contribution in [-0.2, 0) is 11.3 Å². The molecule has 1 amide bonds. The molecule has 1 aliphatic heterocycles. The largest absolute Gasteiger partial charge is 0.340 e. The molecule has 4 rings (SSSR count). The molecule has 27 heavy (non-hydrogen) atoms. The molecular formula is C22H25N3OS. The summed E-state index contributed by atoms with van der Waals surface area (Å²) in [7, 11) is 1.89. The van der Waals surface area contributed by atoms with E-state index in [2.05, 4.69) is 35.2 Å². The lowest BCUT2D eigenvalue weighted by Crippen LogP contribution is -2.42. The second-order valence-corrected chi connectivity index (χ2v) is 8.39. The summed E-state index contributed by atoms with van der Waals surface area (Å²) in [6.45, 7) is 3.07. The van der Waals surface area contributed by atoms with Crippen LogP contribution >= 0.6 is 11.3 Å². The van der Waals surface area contributed by atoms with Crippen molar-refractivity contribution in [2.24, 2.45) is 0 Å². The molecular weight excluding hydrogens is 354 g/mol. The molecule has 1 saturated heterocycles. The molecule has 3 aromatic rings. The zero-order valence-corrected chi connectivity index (χ0v) is 16.5. The van der Waals surface area contributed by atoms with Crippen molar-refractivity contribution in [2.45, 2.75) is 25.3 Å². The normalized spacial score (nSPS) is 17.9. The van der Waals surface area contributed by atoms with Crippen LogP contribution in [0.1, 0.15) is 29.3 Å². The van der Waals surface area contributed by atoms with Gasteiger partial charge in [0.2, 0.25) is 5.91 Å². The number of carbonyl (C=O) groups excluding carboxylic acids is 1. The summed E-state index contributed by atoms with van der Waals surface area (Å²) in [4.78, 5) is 21.6. The number of aromatic nitrogens is 1. The summed E-state index contributed by atoms with van der Waals surface area (Å²) >= 11 is 1.80. The first kappa shape index (κ1) is 18.1. The van der Waals surface area contributed by atoms with Crippen molar-refractivity contribution in [3.05, 3.63) is 65.2 Å². The monoisotopic (exact) mass is 379 g/mol. The Balaban J connectivity index is 1.37. The fraction of sp³-hybridized carbons (Fsp3) is 0.364. The smallest absolute Gasteiger partial charge is 0.236 e. The van der Waals surface area contributed by atoms with Gasteiger partial charge in [0.15, 0.2) is 0 Å². The van der Waals surface area contributed by atoms with Gasteiger partial charge in [-0.05, 0) is 37.1 Å². The Morgan fingerprint density at radius 3 is 2.78 bits per heavy atom. The summed E-state index contributed by atoms with van der Waals surface area (Å²) in [5.74, 6) is 0.618. The molecule has 0 radical (unpaired) electrons. The number of hydrogen-bond acceptors (Lipinski definition) is 4. The average molecular weight is 380 g/mol. The third-order valence-corrected chi connectivity index (χ3v) is 6.41. The number of benzene rings is 2. The van der Waals surface area contributed by atoms with Crippen LogP contribution in [0.25, 0.3) is 10.2 Å². The van der Waals surface area contributed by atoms with Gasteiger partial charge >= 0.3 is 0 Å². The van der Waals surface area contributed by atoms with Gasteiger partial charge in [-0.3, -0.25) is 9.69 Å². The lowest BCUT2D eigenvalue weighted by molar-refractivity contribution is -0.131. The number of thiazole rings is 1. The van der Waals surface area contributed by atoms with Crippen molar-refractivity contribution < 1.29 is 4.79 Å². The van der Waals surface area contributed by atoms with Gasteiger partial charge in [-0.1, -0.05) is 42.5 Å². The predicted octanol–water partition coefficient (Wildman–Crippen LogP) is 4.13. The molecule has 5 heteroatoms. The molecule has 0 saturated carbocycles. The number of amides is 1. The summed E-state index contributed by atoms with van der Waals surface area (Å²) in [6.07, 6.45) is 2.28. The van der Waals surface area contributed by atoms with Crippen molar-refractivity contribution in [2.75, 3.05) is 26.7 Å². The van der Waals surface area contributed by atoms with Crippen LogP contribution in [0.5, 0.6) is 0 Å². The number of likely N-dealkylation sites (tertiary alicyclic amines) is 1. The van der Waals surface area contributed by atoms with E-state index < -0.39 is 0 Å². The minimum absolute atomic E-state index is 0.184. The third-order valence-electron chi connectivity index (χ3n) is 5.21. The van der Waals surface area contributed by atoms with E-state index in [9.17, 15) is 4.79 Å². The van der Waals surface area contributed by atoms with Crippen molar-refractivity contribution in [1.82, 2.24) is 14.8 Å². The standard InChI is InChI=1S/C22H25N3OS/c1-24(14-17-8-3-2-4-9-17)21(26)16-25-13-7-10-18(15-25)22-23-19-11-5-6-12-20(19)27-22/h2-6,8-9,11-12,18H,7,10,13-16H2,1H3/t18-/m0/s1. The second-order valence-electron chi connectivity index (χ2n) is 7.33. The minimum Gasteiger partial charge on any atom is -0.340 e. The van der Waals surface area contributed by atoms with Gasteiger partial charge in [0.05, 0.1) is 21.8 Å². The van der Waals surface area contributed by atoms with Crippen LogP contribution < -0.4 is 0 Å². The number of rotatable bonds is 5. The first-order chi connectivity index (χ1) is 13.2. The molecule has 1 aromatic heterocycles. The van der Waals surface area contributed by atoms with Crippen LogP contribution in [-0.4, -0.2) is 47.4 Å². The maximum Gasteiger partial charge on any atom is 0.236 e. The van der Waals surface area contributed by atoms with Gasteiger partial charge in [-0.15, -0.1) is 11.3 Å². The molecule has 0 aliphatic carbocycles. The van der Waals surface area contributed by atoms with E-state index in [4.69, 9.17) is 4.98 Å². The Labute approximate surface area is 164 Å². The summed E-state index contributed by atoms with van der Waals surface area (Å²) in [5, 5.41) is 1.21. The van der Waals surface area contributed by atoms with Crippen molar-refractivity contribution in [3.8, 4) is 0 Å². The second kappa shape index (κ2) is 8.19. The molecule has 2 aromatic carbocycles. The molecule has 1 fully saturated rings. The number of para-hydroxylation sites is 1. The highest BCUT2D eigenvalue weighted by atomic mass is 32.1. The first-order valence-corrected chi connectivity index (χ1v) is 10.4. The highest BCUT2D eigenvalue weighted by molar-refractivity contribution is 7.18. The fourth-order valence-electron chi connectivity index (χ4n) is 3.72. The zero-order chi connectivity index (χ0) is 18.6. The van der Waals surface area contributed by atoms with E-state index in [0.29, 0.717) is 19.0 Å². The molecule has 0 N–H and O–H groups in total. The Hall–Kier alpha value is -2.24. The minimum atomic E-state index is 0.184. The molecule has 4 nitrogen and oxygen atoms in total. The van der Waals surface area contributed by atoms with E-state index in [-0.39, 0.29) is 5.91 Å². The number of piperidine rings is 1. The number of hydrogen-bond donors (Lipinski definition) is 0. The van der Waals surface area contributed by atoms with Crippen molar-refractivity contribution in [3.63, 3.8) is 0 Å². The third kappa shape index (κ3) is 4.37. The molecule has 140 valence electrons. The van der Waals surface area contributed by atoms with E-state index in [1.54, 1.807) is 11.3 Å². The van der Waals surface area contributed by atoms with E-state index in [0.717, 1.165) is 31.4 Å². The number of nitrogens with zero attached hydrogens (tertiary/aromatic N) is 3. The molecule has 0 unspecified atom stereocenters. The SMILES string of the molecule is CN(Cc1ccccc1)C(=O)CN1CCC[C@H](c2nc3ccccc3s2)C1. The van der Waals surface area contributed by atoms with Crippen LogP contribution in [0.4, 0.5) is 0 Å². The van der Waals surface area contributed by atoms with Crippen LogP contribution in [0.3, 0.4) is 0 Å². The summed E-state index contributed by atoms with van der Waals surface area (Å²) < 4.78 is 1.25. The lowest BCUT2D eigenvalue weighted by Gasteiger charge is -2.32. The van der Waals surface area contributed by atoms with E-state index in [1.807, 2.05) is 36.2 Å². The quantitative estimate of drug-likeness (QED) is 0.669. The van der Waals surface area contributed by atoms with Gasteiger partial charge in [0.25, 0.3) is 0 Å². The molecule has 2 heterocycles. The maximum atomic E-state index is 12.7. The van der Waals surface area contributed by atoms with Gasteiger partial charge in [-0.25, -0.2) is 4.98 Å². The van der Waals surface area contributed by atoms with Gasteiger partial charge in [0, 0.05) is 26.1 Å². The van der Waals surface area contributed by atoms with Crippen molar-refractivity contribution in [1.29, 1.82) is 0 Å². The number of fused-ring (bicyclic) bond motifs is 1. The van der Waals surface area contributed by atoms with Crippen LogP contribution in [0, 0.1) is 0 Å². The highest BCUT2D eigenvalue weighted by Gasteiger charge is 2.26. The van der Waals surface area contributed by atoms with E-state index >= 15 is 0 Å². The Morgan fingerprint density at radius 1 is 1.19 bits per heavy atom. The molecule has 0 spiro atoms.